The number of methoxy groups -OCH3 is 1. The second-order valence-corrected chi connectivity index (χ2v) is 8.00. The number of hydrogen-bond acceptors (Lipinski definition) is 6. The fraction of sp³-hybridized carbons (Fsp3) is 0.308. The number of aromatic nitrogens is 2. The summed E-state index contributed by atoms with van der Waals surface area (Å²) >= 11 is 0. The number of benzene rings is 2. The van der Waals surface area contributed by atoms with E-state index >= 15 is 0 Å². The van der Waals surface area contributed by atoms with Gasteiger partial charge in [0.25, 0.3) is 11.8 Å². The first-order chi connectivity index (χ1) is 17.4. The van der Waals surface area contributed by atoms with Gasteiger partial charge < -0.3 is 21.1 Å². The maximum Gasteiger partial charge on any atom is 0.277 e. The zero-order chi connectivity index (χ0) is 26.6. The van der Waals surface area contributed by atoms with Crippen LogP contribution in [0.2, 0.25) is 0 Å². The molecule has 2 aromatic carbocycles. The Morgan fingerprint density at radius 2 is 1.81 bits per heavy atom. The van der Waals surface area contributed by atoms with Gasteiger partial charge >= 0.3 is 0 Å². The van der Waals surface area contributed by atoms with Crippen molar-refractivity contribution >= 4 is 17.5 Å². The summed E-state index contributed by atoms with van der Waals surface area (Å²) in [6.07, 6.45) is 1.49. The lowest BCUT2D eigenvalue weighted by molar-refractivity contribution is 0.0966. The molecule has 0 bridgehead atoms. The van der Waals surface area contributed by atoms with Crippen molar-refractivity contribution in [3.05, 3.63) is 70.8 Å². The summed E-state index contributed by atoms with van der Waals surface area (Å²) < 4.78 is 21.2. The molecule has 0 unspecified atom stereocenters. The van der Waals surface area contributed by atoms with Crippen molar-refractivity contribution in [3.8, 4) is 17.5 Å². The van der Waals surface area contributed by atoms with Gasteiger partial charge in [-0.15, -0.1) is 0 Å². The van der Waals surface area contributed by atoms with E-state index in [1.54, 1.807) is 35.2 Å². The van der Waals surface area contributed by atoms with Gasteiger partial charge in [0.15, 0.2) is 11.5 Å². The van der Waals surface area contributed by atoms with E-state index in [0.29, 0.717) is 29.1 Å². The highest BCUT2D eigenvalue weighted by Gasteiger charge is 2.56. The van der Waals surface area contributed by atoms with E-state index in [1.807, 2.05) is 13.8 Å². The number of nitrogens with two attached hydrogens (primary N) is 2. The molecule has 0 atom stereocenters. The fourth-order valence-corrected chi connectivity index (χ4v) is 4.32. The molecule has 2 amide bonds. The Hall–Kier alpha value is -4.23. The summed E-state index contributed by atoms with van der Waals surface area (Å²) in [6, 6.07) is 12.9. The van der Waals surface area contributed by atoms with Crippen molar-refractivity contribution in [2.24, 2.45) is 11.5 Å². The van der Waals surface area contributed by atoms with Gasteiger partial charge in [0.05, 0.1) is 18.7 Å². The van der Waals surface area contributed by atoms with Gasteiger partial charge in [-0.1, -0.05) is 13.8 Å². The largest absolute Gasteiger partial charge is 0.497 e. The monoisotopic (exact) mass is 492 g/mol. The van der Waals surface area contributed by atoms with Gasteiger partial charge in [0.1, 0.15) is 17.1 Å². The van der Waals surface area contributed by atoms with Gasteiger partial charge in [-0.25, -0.2) is 9.07 Å². The van der Waals surface area contributed by atoms with Crippen LogP contribution in [0.3, 0.4) is 0 Å². The van der Waals surface area contributed by atoms with Crippen molar-refractivity contribution < 1.29 is 18.7 Å². The topological polar surface area (TPSA) is 140 Å². The molecule has 2 aliphatic rings. The number of anilines is 1. The smallest absolute Gasteiger partial charge is 0.277 e. The molecule has 9 nitrogen and oxygen atoms in total. The number of ether oxygens (including phenoxy) is 1. The van der Waals surface area contributed by atoms with Gasteiger partial charge in [-0.3, -0.25) is 9.59 Å². The molecule has 1 aromatic heterocycles. The van der Waals surface area contributed by atoms with Crippen LogP contribution in [-0.4, -0.2) is 42.3 Å². The second kappa shape index (κ2) is 10.6. The molecule has 1 aliphatic carbocycles. The molecule has 4 N–H and O–H groups in total. The average Bonchev–Trinajstić information content (AvgIpc) is 3.57. The zero-order valence-electron chi connectivity index (χ0n) is 20.7. The van der Waals surface area contributed by atoms with E-state index in [9.17, 15) is 14.0 Å². The quantitative estimate of drug-likeness (QED) is 0.573. The number of fused-ring (bicyclic) bond motifs is 2. The van der Waals surface area contributed by atoms with Crippen LogP contribution in [-0.2, 0) is 5.41 Å². The normalized spacial score (nSPS) is 14.5. The van der Waals surface area contributed by atoms with E-state index in [1.165, 1.54) is 31.0 Å². The summed E-state index contributed by atoms with van der Waals surface area (Å²) in [5.41, 5.74) is 11.3. The Labute approximate surface area is 209 Å². The summed E-state index contributed by atoms with van der Waals surface area (Å²) in [4.78, 5) is 27.5. The van der Waals surface area contributed by atoms with Crippen LogP contribution in [0.5, 0.6) is 5.75 Å². The minimum atomic E-state index is -0.764. The molecule has 3 aromatic rings. The number of primary amides is 1. The molecule has 1 fully saturated rings. The Bertz CT molecular complexity index is 1320. The second-order valence-electron chi connectivity index (χ2n) is 8.00. The highest BCUT2D eigenvalue weighted by Crippen LogP contribution is 2.54. The van der Waals surface area contributed by atoms with Crippen molar-refractivity contribution in [2.45, 2.75) is 32.1 Å². The van der Waals surface area contributed by atoms with Crippen molar-refractivity contribution in [1.82, 2.24) is 9.78 Å². The Kier molecular flexibility index (Phi) is 7.75. The lowest BCUT2D eigenvalue weighted by Gasteiger charge is -2.33. The van der Waals surface area contributed by atoms with Crippen LogP contribution >= 0.6 is 0 Å². The Morgan fingerprint density at radius 1 is 1.17 bits per heavy atom. The predicted octanol–water partition coefficient (Wildman–Crippen LogP) is 3.28. The van der Waals surface area contributed by atoms with E-state index in [-0.39, 0.29) is 17.1 Å². The Morgan fingerprint density at radius 3 is 2.31 bits per heavy atom. The lowest BCUT2D eigenvalue weighted by Crippen LogP contribution is -2.44. The van der Waals surface area contributed by atoms with Crippen LogP contribution in [0, 0.1) is 17.1 Å². The molecule has 1 saturated carbocycles. The van der Waals surface area contributed by atoms with Crippen LogP contribution in [0.15, 0.2) is 42.5 Å². The number of amides is 2. The number of hydrogen-bond donors (Lipinski definition) is 2. The number of rotatable bonds is 4. The third-order valence-electron chi connectivity index (χ3n) is 6.10. The number of nitriles is 1. The number of halogens is 1. The van der Waals surface area contributed by atoms with E-state index in [4.69, 9.17) is 15.7 Å². The Balaban J connectivity index is 0.000000861. The van der Waals surface area contributed by atoms with Crippen molar-refractivity contribution in [3.63, 3.8) is 0 Å². The first-order valence-electron chi connectivity index (χ1n) is 11.6. The van der Waals surface area contributed by atoms with Gasteiger partial charge in [-0.2, -0.15) is 10.4 Å². The first kappa shape index (κ1) is 26.4. The van der Waals surface area contributed by atoms with Crippen LogP contribution in [0.25, 0.3) is 5.69 Å². The number of carbonyl (C=O) groups is 2. The number of nitrogens with zero attached hydrogens (tertiary/aromatic N) is 4. The maximum atomic E-state index is 14.9. The fourth-order valence-electron chi connectivity index (χ4n) is 4.32. The van der Waals surface area contributed by atoms with Crippen LogP contribution < -0.4 is 21.1 Å². The first-order valence-corrected chi connectivity index (χ1v) is 11.6. The third-order valence-corrected chi connectivity index (χ3v) is 6.10. The molecule has 0 saturated heterocycles. The van der Waals surface area contributed by atoms with Crippen LogP contribution in [0.4, 0.5) is 10.1 Å². The molecule has 1 spiro atoms. The van der Waals surface area contributed by atoms with E-state index in [2.05, 4.69) is 16.9 Å². The lowest BCUT2D eigenvalue weighted by atomic mass is 9.88. The SMILES string of the molecule is CC.CN.COc1ccc(-n2nc(C(N)=O)c3c2C(=O)N(c2ccc(C#N)cc2)CC32CC2)c(F)c1. The summed E-state index contributed by atoms with van der Waals surface area (Å²) in [5.74, 6) is -1.53. The molecule has 10 heteroatoms. The molecule has 1 aliphatic heterocycles. The molecule has 36 heavy (non-hydrogen) atoms. The summed E-state index contributed by atoms with van der Waals surface area (Å²) in [7, 11) is 2.92. The molecule has 2 heterocycles. The van der Waals surface area contributed by atoms with Gasteiger partial charge in [-0.05, 0) is 56.3 Å². The molecular formula is C26H29FN6O3. The maximum absolute atomic E-state index is 14.9. The number of carbonyl (C=O) groups excluding carboxylic acids is 2. The molecular weight excluding hydrogens is 463 g/mol. The van der Waals surface area contributed by atoms with E-state index in [0.717, 1.165) is 12.8 Å². The highest BCUT2D eigenvalue weighted by atomic mass is 19.1. The predicted molar refractivity (Wildman–Crippen MR) is 134 cm³/mol. The zero-order valence-corrected chi connectivity index (χ0v) is 20.7. The minimum absolute atomic E-state index is 0.0134. The molecule has 5 rings (SSSR count). The molecule has 188 valence electrons. The van der Waals surface area contributed by atoms with Crippen molar-refractivity contribution in [2.75, 3.05) is 25.6 Å². The summed E-state index contributed by atoms with van der Waals surface area (Å²) in [6.45, 7) is 4.35. The highest BCUT2D eigenvalue weighted by molar-refractivity contribution is 6.10. The summed E-state index contributed by atoms with van der Waals surface area (Å²) in [5, 5.41) is 13.4. The van der Waals surface area contributed by atoms with Gasteiger partial charge in [0.2, 0.25) is 0 Å². The van der Waals surface area contributed by atoms with Gasteiger partial charge in [0, 0.05) is 29.3 Å². The molecule has 0 radical (unpaired) electrons. The minimum Gasteiger partial charge on any atom is -0.497 e. The van der Waals surface area contributed by atoms with Crippen molar-refractivity contribution in [1.29, 1.82) is 5.26 Å². The average molecular weight is 493 g/mol. The van der Waals surface area contributed by atoms with E-state index < -0.39 is 23.0 Å². The van der Waals surface area contributed by atoms with Crippen LogP contribution in [0.1, 0.15) is 58.8 Å². The standard InChI is InChI=1S/C23H18FN5O3.C2H6.CH5N/c1-32-15-6-7-17(16(24)10-15)29-20-18(19(27-29)21(26)30)23(8-9-23)12-28(22(20)31)14-4-2-13(11-25)3-5-14;2*1-2/h2-7,10H,8-9,12H2,1H3,(H2,26,30);1-2H3;2H2,1H3. The third kappa shape index (κ3) is 4.41.